The van der Waals surface area contributed by atoms with Crippen molar-refractivity contribution >= 4 is 96.9 Å². The van der Waals surface area contributed by atoms with E-state index in [4.69, 9.17) is 4.84 Å². The fourth-order valence-electron chi connectivity index (χ4n) is 9.47. The summed E-state index contributed by atoms with van der Waals surface area (Å²) in [5.74, 6) is -1.95. The molecule has 0 saturated carbocycles. The molecular weight excluding hydrogens is 1030 g/mol. The van der Waals surface area contributed by atoms with Crippen molar-refractivity contribution < 1.29 is 75.7 Å². The molecule has 0 radical (unpaired) electrons. The number of unbranched alkanes of at least 4 members (excludes halogenated alkanes) is 2. The standard InChI is InChI=1S/C43H43N3O16S4.C6H15N/c1-4-44-35-17-15-30-33(23-28(64(53,54)55)25-37(30)66(59,60)61)42(35)43(2,3)38(44)12-8-5-7-11-26-21-32-31-22-27(63(50,51)52)24-36(65(56,57)58)29(31)14-16-34(32)45(26)20-10-6-9-13-41(49)62-46-39(47)18-19-40(46)48;1-4-7(5-2)6-3/h5,7-8,11-12,14-17,22-25H,4,6,9-10,13,18-21H2,1-3H3,(H3-,50,51,52,53,54,55,56,57,58,59,60,61);4-6H2,1-3H3/p-1. The summed E-state index contributed by atoms with van der Waals surface area (Å²) in [6.07, 6.45) is 9.96. The van der Waals surface area contributed by atoms with Crippen LogP contribution < -0.4 is 4.90 Å². The molecule has 0 spiro atoms. The van der Waals surface area contributed by atoms with Gasteiger partial charge in [-0.25, -0.2) is 21.6 Å². The molecule has 0 aromatic heterocycles. The van der Waals surface area contributed by atoms with Gasteiger partial charge in [-0.2, -0.15) is 21.4 Å². The van der Waals surface area contributed by atoms with Crippen LogP contribution in [0, 0.1) is 0 Å². The Hall–Kier alpha value is -5.70. The van der Waals surface area contributed by atoms with Gasteiger partial charge in [-0.15, -0.1) is 5.06 Å². The number of nitrogens with zero attached hydrogens (tertiary/aromatic N) is 4. The fourth-order valence-corrected chi connectivity index (χ4v) is 12.1. The third kappa shape index (κ3) is 12.3. The van der Waals surface area contributed by atoms with Gasteiger partial charge in [0.25, 0.3) is 32.1 Å². The minimum absolute atomic E-state index is 0.0427. The molecule has 3 aliphatic rings. The van der Waals surface area contributed by atoms with E-state index in [0.717, 1.165) is 17.8 Å². The number of anilines is 1. The van der Waals surface area contributed by atoms with Crippen molar-refractivity contribution in [3.8, 4) is 0 Å². The Bertz CT molecular complexity index is 3470. The number of imide groups is 1. The maximum Gasteiger partial charge on any atom is 0.333 e. The maximum absolute atomic E-state index is 12.4. The summed E-state index contributed by atoms with van der Waals surface area (Å²) in [6, 6.07) is 9.52. The van der Waals surface area contributed by atoms with Gasteiger partial charge in [0.15, 0.2) is 5.71 Å². The Balaban J connectivity index is 0.00000116. The quantitative estimate of drug-likeness (QED) is 0.0365. The maximum atomic E-state index is 12.4. The summed E-state index contributed by atoms with van der Waals surface area (Å²) in [4.78, 5) is 42.1. The van der Waals surface area contributed by atoms with Gasteiger partial charge in [0.05, 0.1) is 20.1 Å². The van der Waals surface area contributed by atoms with Crippen molar-refractivity contribution in [3.05, 3.63) is 95.7 Å². The average Bonchev–Trinajstić information content (AvgIpc) is 3.90. The van der Waals surface area contributed by atoms with Crippen LogP contribution in [0.1, 0.15) is 91.2 Å². The van der Waals surface area contributed by atoms with E-state index in [1.807, 2.05) is 36.3 Å². The number of hydroxylamine groups is 2. The van der Waals surface area contributed by atoms with Crippen LogP contribution >= 0.6 is 0 Å². The highest BCUT2D eigenvalue weighted by Gasteiger charge is 2.46. The molecule has 4 aromatic carbocycles. The Labute approximate surface area is 425 Å². The number of hydrogen-bond acceptors (Lipinski definition) is 16. The predicted octanol–water partition coefficient (Wildman–Crippen LogP) is 6.27. The Morgan fingerprint density at radius 3 is 1.90 bits per heavy atom. The Kier molecular flexibility index (Phi) is 17.1. The van der Waals surface area contributed by atoms with Gasteiger partial charge in [-0.05, 0) is 117 Å². The molecule has 0 aliphatic carbocycles. The lowest BCUT2D eigenvalue weighted by molar-refractivity contribution is -0.433. The topological polar surface area (TPSA) is 296 Å². The first-order chi connectivity index (χ1) is 34.1. The smallest absolute Gasteiger partial charge is 0.333 e. The van der Waals surface area contributed by atoms with Gasteiger partial charge >= 0.3 is 5.97 Å². The predicted molar refractivity (Wildman–Crippen MR) is 268 cm³/mol. The van der Waals surface area contributed by atoms with E-state index in [-0.39, 0.29) is 47.2 Å². The second-order valence-corrected chi connectivity index (χ2v) is 23.4. The van der Waals surface area contributed by atoms with Crippen LogP contribution in [0.5, 0.6) is 0 Å². The molecule has 7 rings (SSSR count). The summed E-state index contributed by atoms with van der Waals surface area (Å²) in [5.41, 5.74) is 2.66. The van der Waals surface area contributed by atoms with Crippen LogP contribution in [-0.2, 0) is 71.5 Å². The molecule has 3 heterocycles. The van der Waals surface area contributed by atoms with E-state index >= 15 is 0 Å². The van der Waals surface area contributed by atoms with Crippen LogP contribution in [0.2, 0.25) is 0 Å². The van der Waals surface area contributed by atoms with Crippen LogP contribution in [0.3, 0.4) is 0 Å². The normalized spacial score (nSPS) is 16.7. The SMILES string of the molecule is CCN(CC)CC.CC[N+]1=C(/C=C/C=C/C=C2\Cc3c(ccc4c(S(=O)(=O)[O-])cc(S(=O)(=O)[O-])cc34)N2CCCCCC(=O)ON2C(=O)CCC2=O)C(C)(C)c2c1ccc1c(S(=O)(=O)O)cc(S(=O)(=O)O)cc21. The van der Waals surface area contributed by atoms with Crippen LogP contribution in [0.25, 0.3) is 21.5 Å². The summed E-state index contributed by atoms with van der Waals surface area (Å²) < 4.78 is 145. The minimum Gasteiger partial charge on any atom is -0.744 e. The second kappa shape index (κ2) is 22.0. The number of benzene rings is 4. The first-order valence-corrected chi connectivity index (χ1v) is 29.1. The van der Waals surface area contributed by atoms with Crippen LogP contribution in [0.4, 0.5) is 11.4 Å². The molecule has 1 saturated heterocycles. The summed E-state index contributed by atoms with van der Waals surface area (Å²) in [7, 11) is -20.3. The first kappa shape index (κ1) is 56.6. The zero-order chi connectivity index (χ0) is 54.0. The van der Waals surface area contributed by atoms with Gasteiger partial charge in [0, 0.05) is 66.7 Å². The number of allylic oxidation sites excluding steroid dienone is 6. The van der Waals surface area contributed by atoms with E-state index in [2.05, 4.69) is 25.7 Å². The van der Waals surface area contributed by atoms with Gasteiger partial charge in [-0.1, -0.05) is 51.5 Å². The largest absolute Gasteiger partial charge is 0.744 e. The van der Waals surface area contributed by atoms with Crippen molar-refractivity contribution in [2.24, 2.45) is 0 Å². The van der Waals surface area contributed by atoms with E-state index in [1.165, 1.54) is 31.8 Å². The number of hydrogen-bond donors (Lipinski definition) is 2. The minimum atomic E-state index is -5.24. The highest BCUT2D eigenvalue weighted by molar-refractivity contribution is 7.87. The molecule has 0 unspecified atom stereocenters. The van der Waals surface area contributed by atoms with Crippen LogP contribution in [-0.4, -0.2) is 123 Å². The number of amides is 2. The van der Waals surface area contributed by atoms with Gasteiger partial charge in [0.2, 0.25) is 5.69 Å². The second-order valence-electron chi connectivity index (χ2n) is 17.9. The lowest BCUT2D eigenvalue weighted by atomic mass is 9.79. The first-order valence-electron chi connectivity index (χ1n) is 23.4. The third-order valence-corrected chi connectivity index (χ3v) is 16.5. The van der Waals surface area contributed by atoms with Gasteiger partial charge < -0.3 is 23.7 Å². The lowest BCUT2D eigenvalue weighted by Gasteiger charge is -2.22. The fraction of sp³-hybridized carbons (Fsp3) is 0.388. The molecule has 2 N–H and O–H groups in total. The zero-order valence-electron chi connectivity index (χ0n) is 41.0. The molecule has 0 atom stereocenters. The Morgan fingerprint density at radius 2 is 1.34 bits per heavy atom. The average molecular weight is 1090 g/mol. The van der Waals surface area contributed by atoms with E-state index in [0.29, 0.717) is 77.7 Å². The summed E-state index contributed by atoms with van der Waals surface area (Å²) >= 11 is 0. The highest BCUT2D eigenvalue weighted by Crippen LogP contribution is 2.46. The molecule has 0 bridgehead atoms. The molecule has 73 heavy (non-hydrogen) atoms. The van der Waals surface area contributed by atoms with Crippen LogP contribution in [0.15, 0.2) is 104 Å². The molecule has 3 aliphatic heterocycles. The van der Waals surface area contributed by atoms with E-state index < -0.39 is 83.3 Å². The van der Waals surface area contributed by atoms with Crippen molar-refractivity contribution in [3.63, 3.8) is 0 Å². The molecule has 20 nitrogen and oxygen atoms in total. The molecule has 1 fully saturated rings. The number of rotatable bonds is 18. The number of fused-ring (bicyclic) bond motifs is 6. The third-order valence-electron chi connectivity index (χ3n) is 13.1. The molecule has 4 aromatic rings. The van der Waals surface area contributed by atoms with Crippen molar-refractivity contribution in [1.82, 2.24) is 9.96 Å². The molecule has 2 amide bonds. The molecular formula is C49H57N4O16S4-. The highest BCUT2D eigenvalue weighted by atomic mass is 32.2. The summed E-state index contributed by atoms with van der Waals surface area (Å²) in [6.45, 7) is 16.5. The van der Waals surface area contributed by atoms with E-state index in [9.17, 15) is 66.3 Å². The lowest BCUT2D eigenvalue weighted by Crippen LogP contribution is -2.31. The number of carbonyl (C=O) groups excluding carboxylic acids is 3. The molecule has 394 valence electrons. The van der Waals surface area contributed by atoms with Crippen molar-refractivity contribution in [2.45, 2.75) is 111 Å². The zero-order valence-corrected chi connectivity index (χ0v) is 44.3. The van der Waals surface area contributed by atoms with Gasteiger partial charge in [-0.3, -0.25) is 18.7 Å². The van der Waals surface area contributed by atoms with Gasteiger partial charge in [0.1, 0.15) is 31.7 Å². The number of carbonyl (C=O) groups is 3. The Morgan fingerprint density at radius 1 is 0.740 bits per heavy atom. The van der Waals surface area contributed by atoms with Crippen molar-refractivity contribution in [2.75, 3.05) is 37.6 Å². The summed E-state index contributed by atoms with van der Waals surface area (Å²) in [5, 5.41) is 0.711. The molecule has 24 heteroatoms. The van der Waals surface area contributed by atoms with E-state index in [1.54, 1.807) is 36.4 Å². The monoisotopic (exact) mass is 1090 g/mol. The van der Waals surface area contributed by atoms with Crippen molar-refractivity contribution in [1.29, 1.82) is 0 Å².